The normalized spacial score (nSPS) is 17.4. The standard InChI is InChI=1S/C30H29N7O10S/c1-14(38)47-12-17-13-48-27-21(26(43)37(27)23(17)28(44)45)34-25(42)22(16-4-8-19(40)9-5-16)36(29(31)46)20-11-33-30(35-24(20)41)32-10-15-2-6-18(39)7-3-15/h2-9,11,21-22,27,39-40H,10,12-13H2,1H3,(H2,31,46)(H,34,42)(H,44,45)(H2,32,33,35,41)/t21?,22?,27-/m0/s1. The average Bonchev–Trinajstić information content (AvgIpc) is 3.05. The molecule has 1 aromatic heterocycles. The van der Waals surface area contributed by atoms with Gasteiger partial charge < -0.3 is 36.4 Å². The van der Waals surface area contributed by atoms with Crippen LogP contribution in [0.4, 0.5) is 16.4 Å². The number of carbonyl (C=O) groups excluding carboxylic acids is 4. The highest BCUT2D eigenvalue weighted by Crippen LogP contribution is 2.41. The molecular weight excluding hydrogens is 650 g/mol. The van der Waals surface area contributed by atoms with Gasteiger partial charge in [-0.05, 0) is 35.4 Å². The van der Waals surface area contributed by atoms with Gasteiger partial charge >= 0.3 is 18.0 Å². The number of esters is 1. The van der Waals surface area contributed by atoms with Crippen LogP contribution >= 0.6 is 11.8 Å². The second-order valence-electron chi connectivity index (χ2n) is 10.6. The van der Waals surface area contributed by atoms with Crippen LogP contribution in [0.3, 0.4) is 0 Å². The zero-order valence-corrected chi connectivity index (χ0v) is 25.9. The number of carboxylic acid groups (broad SMARTS) is 1. The summed E-state index contributed by atoms with van der Waals surface area (Å²) < 4.78 is 4.94. The van der Waals surface area contributed by atoms with E-state index in [0.29, 0.717) is 4.90 Å². The Morgan fingerprint density at radius 1 is 1.10 bits per heavy atom. The Bertz CT molecular complexity index is 1860. The number of nitrogens with zero attached hydrogens (tertiary/aromatic N) is 3. The molecule has 0 spiro atoms. The number of nitrogens with one attached hydrogen (secondary N) is 3. The number of anilines is 2. The average molecular weight is 680 g/mol. The van der Waals surface area contributed by atoms with Crippen molar-refractivity contribution in [3.8, 4) is 11.5 Å². The summed E-state index contributed by atoms with van der Waals surface area (Å²) in [4.78, 5) is 85.0. The number of phenolic OH excluding ortho intramolecular Hbond substituents is 2. The van der Waals surface area contributed by atoms with Crippen LogP contribution in [0.5, 0.6) is 11.5 Å². The van der Waals surface area contributed by atoms with Crippen LogP contribution < -0.4 is 26.8 Å². The number of nitrogens with two attached hydrogens (primary N) is 1. The van der Waals surface area contributed by atoms with Gasteiger partial charge in [-0.3, -0.25) is 34.0 Å². The van der Waals surface area contributed by atoms with E-state index in [4.69, 9.17) is 10.5 Å². The molecule has 1 saturated heterocycles. The van der Waals surface area contributed by atoms with Crippen LogP contribution in [-0.4, -0.2) is 83.7 Å². The number of fused-ring (bicyclic) bond motifs is 1. The highest BCUT2D eigenvalue weighted by atomic mass is 32.2. The summed E-state index contributed by atoms with van der Waals surface area (Å²) in [6.45, 7) is 1.05. The second-order valence-corrected chi connectivity index (χ2v) is 11.7. The van der Waals surface area contributed by atoms with Crippen LogP contribution in [0, 0.1) is 0 Å². The highest BCUT2D eigenvalue weighted by Gasteiger charge is 2.55. The first-order valence-electron chi connectivity index (χ1n) is 14.2. The largest absolute Gasteiger partial charge is 0.508 e. The molecule has 0 saturated carbocycles. The van der Waals surface area contributed by atoms with Crippen molar-refractivity contribution in [2.75, 3.05) is 22.6 Å². The van der Waals surface area contributed by atoms with Crippen molar-refractivity contribution in [3.05, 3.63) is 87.5 Å². The van der Waals surface area contributed by atoms with Crippen molar-refractivity contribution in [2.45, 2.75) is 30.9 Å². The number of phenols is 2. The zero-order chi connectivity index (χ0) is 34.7. The van der Waals surface area contributed by atoms with E-state index in [9.17, 15) is 44.1 Å². The van der Waals surface area contributed by atoms with E-state index in [1.165, 1.54) is 36.4 Å². The summed E-state index contributed by atoms with van der Waals surface area (Å²) in [6, 6.07) is 7.32. The van der Waals surface area contributed by atoms with E-state index in [-0.39, 0.29) is 53.2 Å². The number of urea groups is 1. The molecule has 17 nitrogen and oxygen atoms in total. The van der Waals surface area contributed by atoms with Gasteiger partial charge in [-0.15, -0.1) is 11.8 Å². The van der Waals surface area contributed by atoms with E-state index < -0.39 is 58.5 Å². The Balaban J connectivity index is 1.41. The summed E-state index contributed by atoms with van der Waals surface area (Å²) >= 11 is 1.13. The Morgan fingerprint density at radius 2 is 1.75 bits per heavy atom. The molecule has 0 radical (unpaired) electrons. The molecule has 2 aromatic carbocycles. The van der Waals surface area contributed by atoms with Crippen molar-refractivity contribution < 1.29 is 44.0 Å². The number of ether oxygens (including phenoxy) is 1. The van der Waals surface area contributed by atoms with Gasteiger partial charge in [0, 0.05) is 24.8 Å². The van der Waals surface area contributed by atoms with Crippen molar-refractivity contribution in [1.29, 1.82) is 0 Å². The third kappa shape index (κ3) is 6.87. The lowest BCUT2D eigenvalue weighted by Gasteiger charge is -2.49. The number of carbonyl (C=O) groups is 5. The number of hydrogen-bond acceptors (Lipinski definition) is 12. The first-order chi connectivity index (χ1) is 22.8. The number of aromatic hydroxyl groups is 2. The SMILES string of the molecule is CC(=O)OCC1=C(C(=O)O)N2C(=O)C(NC(=O)C(c3ccc(O)cc3)N(C(N)=O)c3cnc(NCc4ccc(O)cc4)[nH]c3=O)[C@@H]2SC1. The summed E-state index contributed by atoms with van der Waals surface area (Å²) in [6.07, 6.45) is 1.03. The van der Waals surface area contributed by atoms with Crippen LogP contribution in [-0.2, 0) is 30.5 Å². The molecule has 5 rings (SSSR count). The van der Waals surface area contributed by atoms with Crippen molar-refractivity contribution in [2.24, 2.45) is 5.73 Å². The van der Waals surface area contributed by atoms with Crippen LogP contribution in [0.1, 0.15) is 24.1 Å². The van der Waals surface area contributed by atoms with Gasteiger partial charge in [-0.2, -0.15) is 0 Å². The fraction of sp³-hybridized carbons (Fsp3) is 0.233. The van der Waals surface area contributed by atoms with Gasteiger partial charge in [0.2, 0.25) is 11.9 Å². The number of aromatic amines is 1. The summed E-state index contributed by atoms with van der Waals surface area (Å²) in [5, 5.41) is 33.8. The molecule has 1 fully saturated rings. The highest BCUT2D eigenvalue weighted by molar-refractivity contribution is 8.00. The lowest BCUT2D eigenvalue weighted by atomic mass is 10.00. The van der Waals surface area contributed by atoms with Gasteiger partial charge in [0.05, 0.1) is 6.20 Å². The minimum atomic E-state index is -1.65. The van der Waals surface area contributed by atoms with Gasteiger partial charge in [0.25, 0.3) is 11.5 Å². The smallest absolute Gasteiger partial charge is 0.352 e. The summed E-state index contributed by atoms with van der Waals surface area (Å²) in [5.41, 5.74) is 5.15. The Hall–Kier alpha value is -6.04. The molecule has 8 N–H and O–H groups in total. The maximum Gasteiger partial charge on any atom is 0.352 e. The topological polar surface area (TPSA) is 258 Å². The first-order valence-corrected chi connectivity index (χ1v) is 15.2. The number of rotatable bonds is 11. The van der Waals surface area contributed by atoms with Gasteiger partial charge in [-0.1, -0.05) is 24.3 Å². The molecule has 3 atom stereocenters. The van der Waals surface area contributed by atoms with E-state index >= 15 is 0 Å². The predicted molar refractivity (Wildman–Crippen MR) is 170 cm³/mol. The molecule has 0 bridgehead atoms. The Morgan fingerprint density at radius 3 is 2.33 bits per heavy atom. The molecule has 3 aromatic rings. The van der Waals surface area contributed by atoms with Crippen LogP contribution in [0.15, 0.2) is 70.8 Å². The van der Waals surface area contributed by atoms with Crippen LogP contribution in [0.25, 0.3) is 0 Å². The van der Waals surface area contributed by atoms with E-state index in [1.54, 1.807) is 12.1 Å². The van der Waals surface area contributed by atoms with Gasteiger partial charge in [0.1, 0.15) is 46.9 Å². The molecule has 48 heavy (non-hydrogen) atoms. The maximum atomic E-state index is 13.9. The number of primary amides is 1. The number of hydrogen-bond donors (Lipinski definition) is 7. The van der Waals surface area contributed by atoms with Crippen molar-refractivity contribution in [3.63, 3.8) is 0 Å². The van der Waals surface area contributed by atoms with Gasteiger partial charge in [0.15, 0.2) is 0 Å². The van der Waals surface area contributed by atoms with Crippen molar-refractivity contribution in [1.82, 2.24) is 20.2 Å². The van der Waals surface area contributed by atoms with E-state index in [0.717, 1.165) is 35.3 Å². The number of β-lactam (4-membered cyclic amide) rings is 1. The third-order valence-corrected chi connectivity index (χ3v) is 8.73. The lowest BCUT2D eigenvalue weighted by molar-refractivity contribution is -0.151. The number of H-pyrrole nitrogens is 1. The fourth-order valence-electron chi connectivity index (χ4n) is 5.12. The number of carboxylic acids is 1. The molecule has 250 valence electrons. The summed E-state index contributed by atoms with van der Waals surface area (Å²) in [7, 11) is 0. The molecule has 4 amide bonds. The number of benzene rings is 2. The molecular formula is C30H29N7O10S. The van der Waals surface area contributed by atoms with Crippen molar-refractivity contribution >= 4 is 53.2 Å². The quantitative estimate of drug-likeness (QED) is 0.109. The van der Waals surface area contributed by atoms with E-state index in [2.05, 4.69) is 20.6 Å². The minimum absolute atomic E-state index is 0.0247. The molecule has 3 heterocycles. The number of thioether (sulfide) groups is 1. The maximum absolute atomic E-state index is 13.9. The molecule has 0 aliphatic carbocycles. The monoisotopic (exact) mass is 679 g/mol. The first kappa shape index (κ1) is 33.3. The molecule has 18 heteroatoms. The predicted octanol–water partition coefficient (Wildman–Crippen LogP) is 0.721. The minimum Gasteiger partial charge on any atom is -0.508 e. The van der Waals surface area contributed by atoms with Gasteiger partial charge in [-0.25, -0.2) is 14.6 Å². The number of aliphatic carboxylic acids is 1. The number of aromatic nitrogens is 2. The lowest BCUT2D eigenvalue weighted by Crippen LogP contribution is -2.71. The molecule has 2 unspecified atom stereocenters. The fourth-order valence-corrected chi connectivity index (χ4v) is 6.45. The third-order valence-electron chi connectivity index (χ3n) is 7.39. The summed E-state index contributed by atoms with van der Waals surface area (Å²) in [5.74, 6) is -3.74. The zero-order valence-electron chi connectivity index (χ0n) is 25.1. The Kier molecular flexibility index (Phi) is 9.55. The van der Waals surface area contributed by atoms with Crippen LogP contribution in [0.2, 0.25) is 0 Å². The second kappa shape index (κ2) is 13.8. The molecule has 2 aliphatic rings. The number of amides is 4. The Labute approximate surface area is 275 Å². The van der Waals surface area contributed by atoms with E-state index in [1.807, 2.05) is 0 Å². The molecule has 2 aliphatic heterocycles.